The molecule has 1 aromatic heterocycles. The Morgan fingerprint density at radius 1 is 1.03 bits per heavy atom. The summed E-state index contributed by atoms with van der Waals surface area (Å²) in [5.74, 6) is 0.193. The number of aliphatic hydroxyl groups is 1. The maximum absolute atomic E-state index is 12.5. The van der Waals surface area contributed by atoms with Crippen LogP contribution in [0.3, 0.4) is 0 Å². The van der Waals surface area contributed by atoms with Gasteiger partial charge < -0.3 is 20.5 Å². The lowest BCUT2D eigenvalue weighted by atomic mass is 10.1. The third-order valence-electron chi connectivity index (χ3n) is 3.62. The first kappa shape index (κ1) is 20.7. The number of para-hydroxylation sites is 1. The van der Waals surface area contributed by atoms with Crippen molar-refractivity contribution >= 4 is 29.1 Å². The van der Waals surface area contributed by atoms with Crippen molar-refractivity contribution in [1.82, 2.24) is 9.97 Å². The normalized spacial score (nSPS) is 11.2. The minimum absolute atomic E-state index is 0.143. The number of aliphatic hydroxyl groups excluding tert-OH is 1. The molecule has 0 saturated heterocycles. The third kappa shape index (κ3) is 5.97. The molecule has 2 aromatic carbocycles. The van der Waals surface area contributed by atoms with E-state index in [4.69, 9.17) is 16.7 Å². The molecular weight excluding hydrogens is 409 g/mol. The van der Waals surface area contributed by atoms with E-state index in [-0.39, 0.29) is 24.8 Å². The van der Waals surface area contributed by atoms with Gasteiger partial charge in [-0.25, -0.2) is 4.98 Å². The van der Waals surface area contributed by atoms with E-state index in [1.54, 1.807) is 36.4 Å². The Morgan fingerprint density at radius 2 is 1.83 bits per heavy atom. The molecule has 0 saturated carbocycles. The maximum atomic E-state index is 12.5. The van der Waals surface area contributed by atoms with E-state index in [1.807, 2.05) is 0 Å². The Bertz CT molecular complexity index is 986. The lowest BCUT2D eigenvalue weighted by molar-refractivity contribution is -0.274. The van der Waals surface area contributed by atoms with Gasteiger partial charge in [0.2, 0.25) is 5.95 Å². The average molecular weight is 425 g/mol. The number of hydrogen-bond acceptors (Lipinski definition) is 6. The molecule has 0 unspecified atom stereocenters. The van der Waals surface area contributed by atoms with Crippen molar-refractivity contribution in [1.29, 1.82) is 0 Å². The van der Waals surface area contributed by atoms with Gasteiger partial charge in [0.1, 0.15) is 11.6 Å². The largest absolute Gasteiger partial charge is 0.573 e. The van der Waals surface area contributed by atoms with Crippen LogP contribution in [0.15, 0.2) is 54.6 Å². The third-order valence-corrected chi connectivity index (χ3v) is 3.95. The fourth-order valence-electron chi connectivity index (χ4n) is 2.46. The molecule has 3 N–H and O–H groups in total. The van der Waals surface area contributed by atoms with E-state index in [1.165, 1.54) is 18.2 Å². The summed E-state index contributed by atoms with van der Waals surface area (Å²) in [5.41, 5.74) is 1.34. The number of ether oxygens (including phenoxy) is 1. The van der Waals surface area contributed by atoms with Crippen LogP contribution in [0.2, 0.25) is 5.02 Å². The van der Waals surface area contributed by atoms with E-state index >= 15 is 0 Å². The number of anilines is 3. The second-order valence-corrected chi connectivity index (χ2v) is 6.20. The van der Waals surface area contributed by atoms with E-state index in [2.05, 4.69) is 25.3 Å². The van der Waals surface area contributed by atoms with Crippen molar-refractivity contribution < 1.29 is 23.0 Å². The van der Waals surface area contributed by atoms with Gasteiger partial charge in [0, 0.05) is 18.2 Å². The van der Waals surface area contributed by atoms with Crippen LogP contribution in [0.4, 0.5) is 30.6 Å². The van der Waals surface area contributed by atoms with Crippen molar-refractivity contribution in [2.24, 2.45) is 0 Å². The number of benzene rings is 2. The lowest BCUT2D eigenvalue weighted by Gasteiger charge is -2.13. The van der Waals surface area contributed by atoms with Gasteiger partial charge >= 0.3 is 6.36 Å². The molecule has 0 bridgehead atoms. The van der Waals surface area contributed by atoms with Gasteiger partial charge in [-0.15, -0.1) is 13.2 Å². The smallest absolute Gasteiger partial charge is 0.406 e. The molecule has 0 aliphatic heterocycles. The van der Waals surface area contributed by atoms with Crippen molar-refractivity contribution in [3.63, 3.8) is 0 Å². The van der Waals surface area contributed by atoms with Gasteiger partial charge in [-0.1, -0.05) is 35.9 Å². The Labute approximate surface area is 169 Å². The molecule has 0 fully saturated rings. The zero-order valence-electron chi connectivity index (χ0n) is 14.9. The molecule has 10 heteroatoms. The summed E-state index contributed by atoms with van der Waals surface area (Å²) in [5, 5.41) is 15.4. The van der Waals surface area contributed by atoms with Crippen molar-refractivity contribution in [3.8, 4) is 17.0 Å². The fraction of sp³-hybridized carbons (Fsp3) is 0.158. The van der Waals surface area contributed by atoms with Gasteiger partial charge in [0.15, 0.2) is 0 Å². The Kier molecular flexibility index (Phi) is 6.40. The molecule has 3 rings (SSSR count). The number of rotatable bonds is 7. The summed E-state index contributed by atoms with van der Waals surface area (Å²) in [4.78, 5) is 8.60. The van der Waals surface area contributed by atoms with Crippen LogP contribution < -0.4 is 15.4 Å². The highest BCUT2D eigenvalue weighted by Gasteiger charge is 2.31. The molecule has 6 nitrogen and oxygen atoms in total. The second kappa shape index (κ2) is 8.97. The summed E-state index contributed by atoms with van der Waals surface area (Å²) >= 11 is 6.16. The van der Waals surface area contributed by atoms with Crippen molar-refractivity contribution in [2.45, 2.75) is 6.36 Å². The first-order valence-corrected chi connectivity index (χ1v) is 8.83. The molecule has 1 heterocycles. The molecule has 29 heavy (non-hydrogen) atoms. The molecule has 0 atom stereocenters. The summed E-state index contributed by atoms with van der Waals surface area (Å²) < 4.78 is 41.5. The highest BCUT2D eigenvalue weighted by molar-refractivity contribution is 6.33. The zero-order chi connectivity index (χ0) is 20.9. The second-order valence-electron chi connectivity index (χ2n) is 5.79. The van der Waals surface area contributed by atoms with E-state index in [9.17, 15) is 13.2 Å². The Morgan fingerprint density at radius 3 is 2.55 bits per heavy atom. The van der Waals surface area contributed by atoms with Gasteiger partial charge in [-0.2, -0.15) is 4.98 Å². The first-order chi connectivity index (χ1) is 13.8. The highest BCUT2D eigenvalue weighted by atomic mass is 35.5. The van der Waals surface area contributed by atoms with Gasteiger partial charge in [-0.05, 0) is 24.3 Å². The first-order valence-electron chi connectivity index (χ1n) is 8.45. The summed E-state index contributed by atoms with van der Waals surface area (Å²) in [6.45, 7) is 0.0575. The molecule has 152 valence electrons. The van der Waals surface area contributed by atoms with Gasteiger partial charge in [-0.3, -0.25) is 0 Å². The van der Waals surface area contributed by atoms with Crippen LogP contribution in [0, 0.1) is 0 Å². The van der Waals surface area contributed by atoms with E-state index < -0.39 is 6.36 Å². The number of nitrogens with zero attached hydrogens (tertiary/aromatic N) is 2. The summed E-state index contributed by atoms with van der Waals surface area (Å²) in [6, 6.07) is 14.0. The van der Waals surface area contributed by atoms with Crippen LogP contribution in [-0.4, -0.2) is 34.6 Å². The number of alkyl halides is 3. The molecule has 3 aromatic rings. The number of aromatic nitrogens is 2. The SMILES string of the molecule is OCCNc1nc(Nc2ccccc2Cl)cc(-c2cccc(OC(F)(F)F)c2)n1. The molecule has 0 aliphatic rings. The number of halogens is 4. The Balaban J connectivity index is 1.97. The topological polar surface area (TPSA) is 79.3 Å². The number of hydrogen-bond donors (Lipinski definition) is 3. The molecule has 0 amide bonds. The molecule has 0 aliphatic carbocycles. The summed E-state index contributed by atoms with van der Waals surface area (Å²) in [7, 11) is 0. The van der Waals surface area contributed by atoms with Crippen molar-refractivity contribution in [3.05, 3.63) is 59.6 Å². The minimum atomic E-state index is -4.80. The van der Waals surface area contributed by atoms with Crippen LogP contribution in [0.25, 0.3) is 11.3 Å². The minimum Gasteiger partial charge on any atom is -0.406 e. The van der Waals surface area contributed by atoms with Gasteiger partial charge in [0.25, 0.3) is 0 Å². The average Bonchev–Trinajstić information content (AvgIpc) is 2.67. The zero-order valence-corrected chi connectivity index (χ0v) is 15.6. The Hall–Kier alpha value is -3.04. The monoisotopic (exact) mass is 424 g/mol. The van der Waals surface area contributed by atoms with Crippen LogP contribution in [-0.2, 0) is 0 Å². The summed E-state index contributed by atoms with van der Waals surface area (Å²) in [6.07, 6.45) is -4.80. The molecular formula is C19H16ClF3N4O2. The van der Waals surface area contributed by atoms with Crippen molar-refractivity contribution in [2.75, 3.05) is 23.8 Å². The standard InChI is InChI=1S/C19H16ClF3N4O2/c20-14-6-1-2-7-15(14)25-17-11-16(26-18(27-17)24-8-9-28)12-4-3-5-13(10-12)29-19(21,22)23/h1-7,10-11,28H,8-9H2,(H2,24,25,26,27). The maximum Gasteiger partial charge on any atom is 0.573 e. The molecule has 0 radical (unpaired) electrons. The molecule has 0 spiro atoms. The highest BCUT2D eigenvalue weighted by Crippen LogP contribution is 2.30. The van der Waals surface area contributed by atoms with E-state index in [0.29, 0.717) is 27.8 Å². The van der Waals surface area contributed by atoms with Crippen LogP contribution in [0.1, 0.15) is 0 Å². The van der Waals surface area contributed by atoms with Gasteiger partial charge in [0.05, 0.1) is 23.0 Å². The van der Waals surface area contributed by atoms with E-state index in [0.717, 1.165) is 0 Å². The lowest BCUT2D eigenvalue weighted by Crippen LogP contribution is -2.17. The quantitative estimate of drug-likeness (QED) is 0.503. The predicted octanol–water partition coefficient (Wildman–Crippen LogP) is 4.84. The number of nitrogens with one attached hydrogen (secondary N) is 2. The fourth-order valence-corrected chi connectivity index (χ4v) is 2.64. The van der Waals surface area contributed by atoms with Crippen LogP contribution >= 0.6 is 11.6 Å². The van der Waals surface area contributed by atoms with Crippen LogP contribution in [0.5, 0.6) is 5.75 Å². The predicted molar refractivity (Wildman–Crippen MR) is 104 cm³/mol.